The zero-order valence-electron chi connectivity index (χ0n) is 35.0. The van der Waals surface area contributed by atoms with E-state index in [0.717, 1.165) is 20.3 Å². The summed E-state index contributed by atoms with van der Waals surface area (Å²) in [6.07, 6.45) is -6.56. The molecule has 326 valence electrons. The summed E-state index contributed by atoms with van der Waals surface area (Å²) in [5, 5.41) is 40.2. The van der Waals surface area contributed by atoms with Crippen molar-refractivity contribution in [3.63, 3.8) is 0 Å². The SMILES string of the molecule is CC(=O)O[C@H]1C(=O)[C@@]2(C)C([C@H](OC(=O)c3ccccc3)[C@]3(O)C[C@H](OC(=O)[C@H](O)C(NC(=O)C4=CCCC4)c4ccccc4)C(C)=C1C3(C)C)[C@]1(OC(C)=O)CO[C@@H]1C[C@@H]2O. The molecule has 0 radical (unpaired) electrons. The van der Waals surface area contributed by atoms with Gasteiger partial charge in [0, 0.05) is 37.7 Å². The van der Waals surface area contributed by atoms with Gasteiger partial charge in [0.25, 0.3) is 0 Å². The van der Waals surface area contributed by atoms with Crippen LogP contribution in [0.2, 0.25) is 0 Å². The van der Waals surface area contributed by atoms with Gasteiger partial charge in [0.2, 0.25) is 5.91 Å². The number of amides is 1. The van der Waals surface area contributed by atoms with Gasteiger partial charge in [-0.1, -0.05) is 68.5 Å². The van der Waals surface area contributed by atoms with Crippen LogP contribution in [0.5, 0.6) is 0 Å². The van der Waals surface area contributed by atoms with Crippen LogP contribution in [0.15, 0.2) is 83.5 Å². The molecule has 2 aromatic carbocycles. The van der Waals surface area contributed by atoms with Crippen molar-refractivity contribution in [2.45, 2.75) is 128 Å². The number of carbonyl (C=O) groups excluding carboxylic acids is 6. The lowest BCUT2D eigenvalue weighted by Gasteiger charge is -2.67. The number of fused-ring (bicyclic) bond motifs is 5. The molecule has 0 spiro atoms. The van der Waals surface area contributed by atoms with Crippen LogP contribution in [-0.4, -0.2) is 105 Å². The molecule has 2 unspecified atom stereocenters. The predicted molar refractivity (Wildman–Crippen MR) is 214 cm³/mol. The number of aliphatic hydroxyl groups is 3. The minimum atomic E-state index is -2.38. The van der Waals surface area contributed by atoms with Crippen molar-refractivity contribution in [2.24, 2.45) is 16.7 Å². The van der Waals surface area contributed by atoms with Crippen LogP contribution in [0, 0.1) is 16.7 Å². The fourth-order valence-corrected chi connectivity index (χ4v) is 10.5. The lowest BCUT2D eigenvalue weighted by atomic mass is 9.44. The fraction of sp³-hybridized carbons (Fsp3) is 0.522. The molecule has 15 heteroatoms. The molecule has 2 bridgehead atoms. The average molecular weight is 844 g/mol. The Hall–Kier alpha value is -5.22. The van der Waals surface area contributed by atoms with Crippen LogP contribution in [0.3, 0.4) is 0 Å². The van der Waals surface area contributed by atoms with Crippen LogP contribution in [0.1, 0.15) is 95.6 Å². The number of rotatable bonds is 10. The van der Waals surface area contributed by atoms with Crippen molar-refractivity contribution in [2.75, 3.05) is 6.61 Å². The van der Waals surface area contributed by atoms with Gasteiger partial charge in [0.05, 0.1) is 35.6 Å². The lowest BCUT2D eigenvalue weighted by Crippen LogP contribution is -2.82. The Bertz CT molecular complexity index is 2170. The van der Waals surface area contributed by atoms with Crippen molar-refractivity contribution < 1.29 is 67.8 Å². The number of carbonyl (C=O) groups is 6. The van der Waals surface area contributed by atoms with E-state index in [2.05, 4.69) is 5.32 Å². The Morgan fingerprint density at radius 3 is 2.15 bits per heavy atom. The topological polar surface area (TPSA) is 221 Å². The van der Waals surface area contributed by atoms with Crippen molar-refractivity contribution in [3.8, 4) is 0 Å². The smallest absolute Gasteiger partial charge is 0.338 e. The minimum absolute atomic E-state index is 0.0102. The van der Waals surface area contributed by atoms with Crippen LogP contribution in [-0.2, 0) is 47.7 Å². The van der Waals surface area contributed by atoms with Gasteiger partial charge in [-0.05, 0) is 62.0 Å². The molecule has 1 saturated heterocycles. The molecule has 2 aromatic rings. The second kappa shape index (κ2) is 16.2. The Kier molecular flexibility index (Phi) is 11.7. The van der Waals surface area contributed by atoms with Crippen LogP contribution in [0.4, 0.5) is 0 Å². The molecule has 1 heterocycles. The largest absolute Gasteiger partial charge is 0.456 e. The number of esters is 4. The number of hydrogen-bond donors (Lipinski definition) is 4. The van der Waals surface area contributed by atoms with Gasteiger partial charge in [0.15, 0.2) is 23.6 Å². The third-order valence-corrected chi connectivity index (χ3v) is 13.8. The summed E-state index contributed by atoms with van der Waals surface area (Å²) in [5.41, 5.74) is -6.64. The van der Waals surface area contributed by atoms with Crippen LogP contribution in [0.25, 0.3) is 0 Å². The summed E-state index contributed by atoms with van der Waals surface area (Å²) < 4.78 is 30.3. The van der Waals surface area contributed by atoms with Crippen molar-refractivity contribution in [1.82, 2.24) is 5.32 Å². The highest BCUT2D eigenvalue weighted by Crippen LogP contribution is 2.64. The molecule has 1 amide bonds. The maximum absolute atomic E-state index is 15.5. The summed E-state index contributed by atoms with van der Waals surface area (Å²) in [4.78, 5) is 83.3. The number of benzene rings is 2. The van der Waals surface area contributed by atoms with Gasteiger partial charge in [-0.25, -0.2) is 9.59 Å². The van der Waals surface area contributed by atoms with E-state index in [-0.39, 0.29) is 29.7 Å². The highest BCUT2D eigenvalue weighted by molar-refractivity contribution is 5.96. The molecule has 1 aliphatic heterocycles. The molecule has 2 saturated carbocycles. The summed E-state index contributed by atoms with van der Waals surface area (Å²) in [5.74, 6) is -6.64. The third kappa shape index (κ3) is 7.28. The van der Waals surface area contributed by atoms with Crippen LogP contribution >= 0.6 is 0 Å². The van der Waals surface area contributed by atoms with Crippen molar-refractivity contribution in [3.05, 3.63) is 94.6 Å². The standard InChI is InChI=1S/C46H53NO14/c1-24-30(59-42(55)35(51)34(27-15-9-7-10-16-27)47-40(53)28-17-13-14-18-28)22-46(56)39(60-41(54)29-19-11-8-12-20-29)37-44(6,31(50)21-32-45(37,23-57-32)61-26(3)49)38(52)36(58-25(2)48)33(24)43(46,4)5/h7-12,15-17,19-20,30-32,34-37,39,50-51,56H,13-14,18,21-23H2,1-6H3,(H,47,53)/t30-,31-,32+,34?,35+,36+,37?,39-,44+,45-,46+/m0/s1. The average Bonchev–Trinajstić information content (AvgIpc) is 3.77. The molecule has 4 aliphatic carbocycles. The van der Waals surface area contributed by atoms with E-state index in [1.54, 1.807) is 68.5 Å². The Labute approximate surface area is 353 Å². The van der Waals surface area contributed by atoms with E-state index < -0.39 is 113 Å². The van der Waals surface area contributed by atoms with E-state index in [1.807, 2.05) is 0 Å². The quantitative estimate of drug-likeness (QED) is 0.153. The van der Waals surface area contributed by atoms with E-state index in [4.69, 9.17) is 23.7 Å². The molecule has 4 N–H and O–H groups in total. The first-order valence-corrected chi connectivity index (χ1v) is 20.6. The first kappa shape index (κ1) is 43.9. The van der Waals surface area contributed by atoms with Gasteiger partial charge in [-0.2, -0.15) is 0 Å². The molecule has 7 rings (SSSR count). The van der Waals surface area contributed by atoms with E-state index in [9.17, 15) is 39.3 Å². The molecule has 61 heavy (non-hydrogen) atoms. The van der Waals surface area contributed by atoms with Gasteiger partial charge in [0.1, 0.15) is 23.9 Å². The number of aliphatic hydroxyl groups excluding tert-OH is 2. The van der Waals surface area contributed by atoms with E-state index in [1.165, 1.54) is 26.0 Å². The molecular formula is C46H53NO14. The van der Waals surface area contributed by atoms with E-state index >= 15 is 4.79 Å². The molecule has 0 aromatic heterocycles. The number of allylic oxidation sites excluding steroid dienone is 1. The monoisotopic (exact) mass is 843 g/mol. The Morgan fingerprint density at radius 1 is 0.918 bits per heavy atom. The van der Waals surface area contributed by atoms with Gasteiger partial charge in [-0.3, -0.25) is 19.2 Å². The zero-order chi connectivity index (χ0) is 44.2. The first-order valence-electron chi connectivity index (χ1n) is 20.6. The minimum Gasteiger partial charge on any atom is -0.456 e. The van der Waals surface area contributed by atoms with Crippen LogP contribution < -0.4 is 5.32 Å². The highest BCUT2D eigenvalue weighted by atomic mass is 16.6. The summed E-state index contributed by atoms with van der Waals surface area (Å²) in [7, 11) is 0. The Balaban J connectivity index is 1.39. The lowest BCUT2D eigenvalue weighted by molar-refractivity contribution is -0.346. The number of ketones is 1. The van der Waals surface area contributed by atoms with Gasteiger partial charge < -0.3 is 44.3 Å². The van der Waals surface area contributed by atoms with Crippen molar-refractivity contribution in [1.29, 1.82) is 0 Å². The number of Topliss-reactive ketones (excluding diaryl/α,β-unsaturated/α-hetero) is 1. The normalized spacial score (nSPS) is 33.5. The predicted octanol–water partition coefficient (Wildman–Crippen LogP) is 3.53. The second-order valence-electron chi connectivity index (χ2n) is 17.6. The molecular weight excluding hydrogens is 790 g/mol. The number of hydrogen-bond acceptors (Lipinski definition) is 14. The third-order valence-electron chi connectivity index (χ3n) is 13.8. The zero-order valence-corrected chi connectivity index (χ0v) is 35.0. The molecule has 11 atom stereocenters. The van der Waals surface area contributed by atoms with Gasteiger partial charge in [-0.15, -0.1) is 0 Å². The summed E-state index contributed by atoms with van der Waals surface area (Å²) in [6.45, 7) is 8.03. The first-order chi connectivity index (χ1) is 28.8. The number of nitrogens with one attached hydrogen (secondary N) is 1. The number of ether oxygens (including phenoxy) is 5. The fourth-order valence-electron chi connectivity index (χ4n) is 10.5. The second-order valence-corrected chi connectivity index (χ2v) is 17.6. The Morgan fingerprint density at radius 2 is 1.57 bits per heavy atom. The highest BCUT2D eigenvalue weighted by Gasteiger charge is 2.78. The summed E-state index contributed by atoms with van der Waals surface area (Å²) >= 11 is 0. The van der Waals surface area contributed by atoms with Crippen molar-refractivity contribution >= 4 is 35.6 Å². The molecule has 15 nitrogen and oxygen atoms in total. The summed E-state index contributed by atoms with van der Waals surface area (Å²) in [6, 6.07) is 15.0. The molecule has 5 aliphatic rings. The maximum Gasteiger partial charge on any atom is 0.338 e. The molecule has 3 fully saturated rings. The van der Waals surface area contributed by atoms with Gasteiger partial charge >= 0.3 is 23.9 Å². The van der Waals surface area contributed by atoms with E-state index in [0.29, 0.717) is 24.0 Å². The maximum atomic E-state index is 15.5.